The molecule has 0 fully saturated rings. The maximum absolute atomic E-state index is 10.4. The fraction of sp³-hybridized carbons (Fsp3) is 0.571. The number of carbonyl (C=O) groups is 1. The Hall–Kier alpha value is -1.05. The van der Waals surface area contributed by atoms with Gasteiger partial charge in [-0.05, 0) is 5.92 Å². The highest BCUT2D eigenvalue weighted by molar-refractivity contribution is 5.92. The summed E-state index contributed by atoms with van der Waals surface area (Å²) in [5.74, 6) is 1.33. The fourth-order valence-corrected chi connectivity index (χ4v) is 0.513. The number of aliphatic hydroxyl groups excluding tert-OH is 1. The van der Waals surface area contributed by atoms with Gasteiger partial charge in [0.1, 0.15) is 0 Å². The van der Waals surface area contributed by atoms with E-state index in [1.54, 1.807) is 0 Å². The van der Waals surface area contributed by atoms with Gasteiger partial charge in [-0.25, -0.2) is 0 Å². The van der Waals surface area contributed by atoms with E-state index in [-0.39, 0.29) is 13.2 Å². The van der Waals surface area contributed by atoms with Crippen molar-refractivity contribution in [2.75, 3.05) is 20.3 Å². The van der Waals surface area contributed by atoms with Crippen molar-refractivity contribution in [3.05, 3.63) is 0 Å². The Morgan fingerprint density at radius 3 is 3.00 bits per heavy atom. The summed E-state index contributed by atoms with van der Waals surface area (Å²) in [5, 5.41) is 11.3. The molecule has 0 aliphatic carbocycles. The van der Waals surface area contributed by atoms with Crippen LogP contribution < -0.4 is 5.32 Å². The maximum Gasteiger partial charge on any atom is 0.295 e. The Kier molecular flexibility index (Phi) is 5.17. The number of hydrogen-bond acceptors (Lipinski definition) is 3. The topological polar surface area (TPSA) is 58.6 Å². The van der Waals surface area contributed by atoms with E-state index in [2.05, 4.69) is 10.1 Å². The lowest BCUT2D eigenvalue weighted by atomic mass is 10.4. The molecule has 4 nitrogen and oxygen atoms in total. The van der Waals surface area contributed by atoms with Crippen molar-refractivity contribution in [1.82, 2.24) is 5.32 Å². The van der Waals surface area contributed by atoms with Crippen LogP contribution in [0.1, 0.15) is 0 Å². The van der Waals surface area contributed by atoms with E-state index in [0.29, 0.717) is 0 Å². The van der Waals surface area contributed by atoms with Crippen molar-refractivity contribution in [3.63, 3.8) is 0 Å². The molecule has 1 atom stereocenters. The van der Waals surface area contributed by atoms with Crippen molar-refractivity contribution in [2.24, 2.45) is 0 Å². The van der Waals surface area contributed by atoms with Crippen molar-refractivity contribution in [1.29, 1.82) is 0 Å². The summed E-state index contributed by atoms with van der Waals surface area (Å²) in [6.45, 7) is 0.307. The van der Waals surface area contributed by atoms with Gasteiger partial charge in [0, 0.05) is 13.7 Å². The summed E-state index contributed by atoms with van der Waals surface area (Å²) < 4.78 is 4.62. The monoisotopic (exact) mass is 157 g/mol. The zero-order chi connectivity index (χ0) is 8.69. The van der Waals surface area contributed by atoms with Gasteiger partial charge in [0.25, 0.3) is 5.91 Å². The summed E-state index contributed by atoms with van der Waals surface area (Å²) in [6.07, 6.45) is 4.06. The normalized spacial score (nSPS) is 11.7. The molecular weight excluding hydrogens is 146 g/mol. The van der Waals surface area contributed by atoms with Crippen LogP contribution >= 0.6 is 0 Å². The van der Waals surface area contributed by atoms with Crippen molar-refractivity contribution in [2.45, 2.75) is 6.10 Å². The van der Waals surface area contributed by atoms with Crippen LogP contribution in [0, 0.1) is 12.3 Å². The molecule has 0 aromatic rings. The molecule has 1 amide bonds. The molecule has 4 heteroatoms. The Labute approximate surface area is 65.5 Å². The van der Waals surface area contributed by atoms with Crippen LogP contribution in [-0.4, -0.2) is 37.4 Å². The molecule has 0 saturated heterocycles. The lowest BCUT2D eigenvalue weighted by Gasteiger charge is -2.07. The highest BCUT2D eigenvalue weighted by Gasteiger charge is 2.03. The minimum Gasteiger partial charge on any atom is -0.389 e. The van der Waals surface area contributed by atoms with Crippen molar-refractivity contribution >= 4 is 5.91 Å². The summed E-state index contributed by atoms with van der Waals surface area (Å²) in [4.78, 5) is 10.4. The molecule has 0 bridgehead atoms. The molecule has 0 radical (unpaired) electrons. The average molecular weight is 157 g/mol. The molecule has 0 aliphatic heterocycles. The minimum absolute atomic E-state index is 0.122. The number of ether oxygens (including phenoxy) is 1. The number of nitrogens with one attached hydrogen (secondary N) is 1. The quantitative estimate of drug-likeness (QED) is 0.501. The van der Waals surface area contributed by atoms with Crippen LogP contribution in [0.15, 0.2) is 0 Å². The zero-order valence-corrected chi connectivity index (χ0v) is 6.33. The Bertz CT molecular complexity index is 162. The van der Waals surface area contributed by atoms with Gasteiger partial charge in [-0.3, -0.25) is 4.79 Å². The van der Waals surface area contributed by atoms with Crippen LogP contribution in [0.2, 0.25) is 0 Å². The minimum atomic E-state index is -0.697. The molecule has 0 aromatic carbocycles. The molecular formula is C7H11NO3. The van der Waals surface area contributed by atoms with E-state index < -0.39 is 12.0 Å². The molecule has 62 valence electrons. The van der Waals surface area contributed by atoms with Gasteiger partial charge in [-0.15, -0.1) is 6.42 Å². The molecule has 0 aliphatic rings. The second-order valence-electron chi connectivity index (χ2n) is 1.96. The first kappa shape index (κ1) is 9.95. The predicted octanol–water partition coefficient (Wildman–Crippen LogP) is -1.26. The number of hydrogen-bond donors (Lipinski definition) is 2. The van der Waals surface area contributed by atoms with E-state index in [1.165, 1.54) is 7.11 Å². The molecule has 1 unspecified atom stereocenters. The highest BCUT2D eigenvalue weighted by Crippen LogP contribution is 1.80. The molecule has 2 N–H and O–H groups in total. The molecule has 0 heterocycles. The van der Waals surface area contributed by atoms with Crippen LogP contribution in [0.3, 0.4) is 0 Å². The van der Waals surface area contributed by atoms with Gasteiger partial charge in [0.2, 0.25) is 0 Å². The van der Waals surface area contributed by atoms with Crippen molar-refractivity contribution in [3.8, 4) is 12.3 Å². The number of rotatable bonds is 4. The highest BCUT2D eigenvalue weighted by atomic mass is 16.5. The lowest BCUT2D eigenvalue weighted by Crippen LogP contribution is -2.33. The van der Waals surface area contributed by atoms with Crippen LogP contribution in [0.5, 0.6) is 0 Å². The molecule has 11 heavy (non-hydrogen) atoms. The molecule has 0 saturated carbocycles. The summed E-state index contributed by atoms with van der Waals surface area (Å²) in [6, 6.07) is 0. The van der Waals surface area contributed by atoms with E-state index in [4.69, 9.17) is 11.5 Å². The third-order valence-electron chi connectivity index (χ3n) is 0.988. The first-order chi connectivity index (χ1) is 5.20. The van der Waals surface area contributed by atoms with Crippen LogP contribution in [0.4, 0.5) is 0 Å². The lowest BCUT2D eigenvalue weighted by molar-refractivity contribution is -0.116. The smallest absolute Gasteiger partial charge is 0.295 e. The van der Waals surface area contributed by atoms with E-state index in [9.17, 15) is 4.79 Å². The van der Waals surface area contributed by atoms with Crippen LogP contribution in [0.25, 0.3) is 0 Å². The Morgan fingerprint density at radius 1 is 1.91 bits per heavy atom. The largest absolute Gasteiger partial charge is 0.389 e. The average Bonchev–Trinajstić information content (AvgIpc) is 2.01. The first-order valence-corrected chi connectivity index (χ1v) is 3.12. The maximum atomic E-state index is 10.4. The summed E-state index contributed by atoms with van der Waals surface area (Å²) in [7, 11) is 1.46. The zero-order valence-electron chi connectivity index (χ0n) is 6.33. The third-order valence-corrected chi connectivity index (χ3v) is 0.988. The van der Waals surface area contributed by atoms with Gasteiger partial charge in [-0.2, -0.15) is 0 Å². The van der Waals surface area contributed by atoms with Gasteiger partial charge in [0.15, 0.2) is 0 Å². The number of aliphatic hydroxyl groups is 1. The van der Waals surface area contributed by atoms with E-state index in [1.807, 2.05) is 5.92 Å². The summed E-state index contributed by atoms with van der Waals surface area (Å²) >= 11 is 0. The number of carbonyl (C=O) groups excluding carboxylic acids is 1. The second kappa shape index (κ2) is 5.71. The standard InChI is InChI=1S/C7H11NO3/c1-3-7(10)8-4-6(9)5-11-2/h1,6,9H,4-5H2,2H3,(H,8,10). The second-order valence-corrected chi connectivity index (χ2v) is 1.96. The third kappa shape index (κ3) is 5.40. The van der Waals surface area contributed by atoms with Gasteiger partial charge in [-0.1, -0.05) is 0 Å². The molecule has 0 spiro atoms. The Balaban J connectivity index is 3.39. The number of amides is 1. The van der Waals surface area contributed by atoms with Crippen LogP contribution in [-0.2, 0) is 9.53 Å². The van der Waals surface area contributed by atoms with Gasteiger partial charge < -0.3 is 15.2 Å². The van der Waals surface area contributed by atoms with E-state index in [0.717, 1.165) is 0 Å². The summed E-state index contributed by atoms with van der Waals surface area (Å²) in [5.41, 5.74) is 0. The predicted molar refractivity (Wildman–Crippen MR) is 39.7 cm³/mol. The fourth-order valence-electron chi connectivity index (χ4n) is 0.513. The molecule has 0 aromatic heterocycles. The van der Waals surface area contributed by atoms with Crippen molar-refractivity contribution < 1.29 is 14.6 Å². The van der Waals surface area contributed by atoms with Gasteiger partial charge >= 0.3 is 0 Å². The van der Waals surface area contributed by atoms with Gasteiger partial charge in [0.05, 0.1) is 12.7 Å². The SMILES string of the molecule is C#CC(=O)NCC(O)COC. The Morgan fingerprint density at radius 2 is 2.55 bits per heavy atom. The molecule has 0 rings (SSSR count). The van der Waals surface area contributed by atoms with E-state index >= 15 is 0 Å². The first-order valence-electron chi connectivity index (χ1n) is 3.12. The number of terminal acetylenes is 1. The number of methoxy groups -OCH3 is 1.